The Morgan fingerprint density at radius 3 is 3.00 bits per heavy atom. The zero-order valence-electron chi connectivity index (χ0n) is 7.42. The number of likely N-dealkylation sites (tertiary alicyclic amines) is 1. The van der Waals surface area contributed by atoms with Gasteiger partial charge in [0.1, 0.15) is 0 Å². The Morgan fingerprint density at radius 1 is 1.75 bits per heavy atom. The molecule has 0 radical (unpaired) electrons. The van der Waals surface area contributed by atoms with Gasteiger partial charge in [-0.05, 0) is 6.42 Å². The third-order valence-corrected chi connectivity index (χ3v) is 2.05. The Hall–Kier alpha value is -0.610. The van der Waals surface area contributed by atoms with Crippen LogP contribution in [0.15, 0.2) is 0 Å². The van der Waals surface area contributed by atoms with Gasteiger partial charge in [-0.1, -0.05) is 0 Å². The second-order valence-electron chi connectivity index (χ2n) is 3.23. The lowest BCUT2D eigenvalue weighted by Crippen LogP contribution is -2.33. The van der Waals surface area contributed by atoms with E-state index in [4.69, 9.17) is 0 Å². The van der Waals surface area contributed by atoms with Gasteiger partial charge in [-0.3, -0.25) is 9.69 Å². The van der Waals surface area contributed by atoms with Crippen LogP contribution in [0, 0.1) is 0 Å². The average molecular weight is 172 g/mol. The SMILES string of the molecule is CC(=O)NCCN1CC[C@H](O)C1. The molecule has 1 rings (SSSR count). The van der Waals surface area contributed by atoms with Crippen molar-refractivity contribution in [1.82, 2.24) is 10.2 Å². The second-order valence-corrected chi connectivity index (χ2v) is 3.23. The first-order chi connectivity index (χ1) is 5.68. The molecule has 0 aromatic carbocycles. The molecule has 1 saturated heterocycles. The fourth-order valence-electron chi connectivity index (χ4n) is 1.41. The van der Waals surface area contributed by atoms with Gasteiger partial charge < -0.3 is 10.4 Å². The molecule has 4 nitrogen and oxygen atoms in total. The molecule has 0 aromatic heterocycles. The Bertz CT molecular complexity index is 161. The zero-order valence-corrected chi connectivity index (χ0v) is 7.42. The molecule has 1 aliphatic heterocycles. The number of amides is 1. The summed E-state index contributed by atoms with van der Waals surface area (Å²) >= 11 is 0. The van der Waals surface area contributed by atoms with Crippen LogP contribution in [0.4, 0.5) is 0 Å². The molecular formula is C8H16N2O2. The third kappa shape index (κ3) is 3.19. The highest BCUT2D eigenvalue weighted by Crippen LogP contribution is 2.06. The first kappa shape index (κ1) is 9.48. The first-order valence-electron chi connectivity index (χ1n) is 4.33. The topological polar surface area (TPSA) is 52.6 Å². The molecule has 0 aromatic rings. The summed E-state index contributed by atoms with van der Waals surface area (Å²) in [6.45, 7) is 4.73. The van der Waals surface area contributed by atoms with E-state index < -0.39 is 0 Å². The lowest BCUT2D eigenvalue weighted by Gasteiger charge is -2.14. The molecule has 1 fully saturated rings. The minimum absolute atomic E-state index is 0.00902. The van der Waals surface area contributed by atoms with Crippen molar-refractivity contribution in [2.45, 2.75) is 19.4 Å². The van der Waals surface area contributed by atoms with Crippen LogP contribution in [-0.2, 0) is 4.79 Å². The molecule has 1 amide bonds. The van der Waals surface area contributed by atoms with Gasteiger partial charge in [0.25, 0.3) is 0 Å². The molecule has 0 bridgehead atoms. The summed E-state index contributed by atoms with van der Waals surface area (Å²) in [4.78, 5) is 12.7. The van der Waals surface area contributed by atoms with Gasteiger partial charge in [0, 0.05) is 33.1 Å². The Morgan fingerprint density at radius 2 is 2.50 bits per heavy atom. The van der Waals surface area contributed by atoms with Crippen LogP contribution in [0.2, 0.25) is 0 Å². The minimum Gasteiger partial charge on any atom is -0.392 e. The van der Waals surface area contributed by atoms with E-state index in [1.165, 1.54) is 6.92 Å². The molecule has 4 heteroatoms. The van der Waals surface area contributed by atoms with E-state index in [0.717, 1.165) is 26.1 Å². The highest BCUT2D eigenvalue weighted by atomic mass is 16.3. The number of hydrogen-bond acceptors (Lipinski definition) is 3. The summed E-state index contributed by atoms with van der Waals surface area (Å²) in [5.41, 5.74) is 0. The van der Waals surface area contributed by atoms with Crippen LogP contribution in [0.3, 0.4) is 0 Å². The maximum Gasteiger partial charge on any atom is 0.216 e. The highest BCUT2D eigenvalue weighted by molar-refractivity contribution is 5.72. The highest BCUT2D eigenvalue weighted by Gasteiger charge is 2.18. The second kappa shape index (κ2) is 4.42. The number of hydrogen-bond donors (Lipinski definition) is 2. The lowest BCUT2D eigenvalue weighted by atomic mass is 10.3. The van der Waals surface area contributed by atoms with Crippen molar-refractivity contribution in [2.75, 3.05) is 26.2 Å². The van der Waals surface area contributed by atoms with Crippen molar-refractivity contribution in [1.29, 1.82) is 0 Å². The fourth-order valence-corrected chi connectivity index (χ4v) is 1.41. The van der Waals surface area contributed by atoms with E-state index >= 15 is 0 Å². The number of nitrogens with one attached hydrogen (secondary N) is 1. The van der Waals surface area contributed by atoms with Gasteiger partial charge in [-0.15, -0.1) is 0 Å². The molecule has 0 unspecified atom stereocenters. The van der Waals surface area contributed by atoms with Crippen LogP contribution >= 0.6 is 0 Å². The Labute approximate surface area is 72.6 Å². The van der Waals surface area contributed by atoms with Gasteiger partial charge in [0.05, 0.1) is 6.10 Å². The Balaban J connectivity index is 2.04. The van der Waals surface area contributed by atoms with Gasteiger partial charge >= 0.3 is 0 Å². The Kier molecular flexibility index (Phi) is 3.49. The molecule has 70 valence electrons. The number of aliphatic hydroxyl groups is 1. The standard InChI is InChI=1S/C8H16N2O2/c1-7(11)9-3-5-10-4-2-8(12)6-10/h8,12H,2-6H2,1H3,(H,9,11)/t8-/m0/s1. The van der Waals surface area contributed by atoms with Gasteiger partial charge in [0.15, 0.2) is 0 Å². The third-order valence-electron chi connectivity index (χ3n) is 2.05. The summed E-state index contributed by atoms with van der Waals surface area (Å²) in [5.74, 6) is 0.00902. The summed E-state index contributed by atoms with van der Waals surface area (Å²) < 4.78 is 0. The van der Waals surface area contributed by atoms with Gasteiger partial charge in [-0.25, -0.2) is 0 Å². The maximum absolute atomic E-state index is 10.5. The van der Waals surface area contributed by atoms with Crippen molar-refractivity contribution in [3.8, 4) is 0 Å². The fraction of sp³-hybridized carbons (Fsp3) is 0.875. The molecule has 1 heterocycles. The summed E-state index contributed by atoms with van der Waals surface area (Å²) in [7, 11) is 0. The predicted octanol–water partition coefficient (Wildman–Crippen LogP) is -0.811. The number of β-amino-alcohol motifs (C(OH)–C–C–N with tert-alkyl or cyclic N) is 1. The van der Waals surface area contributed by atoms with E-state index in [1.807, 2.05) is 0 Å². The van der Waals surface area contributed by atoms with Gasteiger partial charge in [-0.2, -0.15) is 0 Å². The van der Waals surface area contributed by atoms with E-state index in [1.54, 1.807) is 0 Å². The van der Waals surface area contributed by atoms with E-state index in [2.05, 4.69) is 10.2 Å². The quantitative estimate of drug-likeness (QED) is 0.585. The molecule has 0 aliphatic carbocycles. The van der Waals surface area contributed by atoms with E-state index in [9.17, 15) is 9.90 Å². The number of carbonyl (C=O) groups excluding carboxylic acids is 1. The molecule has 1 aliphatic rings. The minimum atomic E-state index is -0.165. The van der Waals surface area contributed by atoms with Crippen molar-refractivity contribution in [2.24, 2.45) is 0 Å². The summed E-state index contributed by atoms with van der Waals surface area (Å²) in [5, 5.41) is 11.9. The van der Waals surface area contributed by atoms with Crippen LogP contribution in [-0.4, -0.2) is 48.2 Å². The molecule has 1 atom stereocenters. The van der Waals surface area contributed by atoms with Crippen LogP contribution in [0.25, 0.3) is 0 Å². The first-order valence-corrected chi connectivity index (χ1v) is 4.33. The van der Waals surface area contributed by atoms with Gasteiger partial charge in [0.2, 0.25) is 5.91 Å². The predicted molar refractivity (Wildman–Crippen MR) is 45.7 cm³/mol. The molecule has 12 heavy (non-hydrogen) atoms. The monoisotopic (exact) mass is 172 g/mol. The van der Waals surface area contributed by atoms with Crippen LogP contribution in [0.5, 0.6) is 0 Å². The molecular weight excluding hydrogens is 156 g/mol. The molecule has 2 N–H and O–H groups in total. The number of carbonyl (C=O) groups is 1. The van der Waals surface area contributed by atoms with Crippen LogP contribution in [0.1, 0.15) is 13.3 Å². The van der Waals surface area contributed by atoms with E-state index in [0.29, 0.717) is 6.54 Å². The normalized spacial score (nSPS) is 24.3. The number of nitrogens with zero attached hydrogens (tertiary/aromatic N) is 1. The molecule has 0 saturated carbocycles. The number of aliphatic hydroxyl groups excluding tert-OH is 1. The van der Waals surface area contributed by atoms with Crippen molar-refractivity contribution >= 4 is 5.91 Å². The van der Waals surface area contributed by atoms with Crippen molar-refractivity contribution in [3.05, 3.63) is 0 Å². The molecule has 0 spiro atoms. The van der Waals surface area contributed by atoms with Crippen molar-refractivity contribution < 1.29 is 9.90 Å². The van der Waals surface area contributed by atoms with Crippen molar-refractivity contribution in [3.63, 3.8) is 0 Å². The largest absolute Gasteiger partial charge is 0.392 e. The summed E-state index contributed by atoms with van der Waals surface area (Å²) in [6.07, 6.45) is 0.697. The lowest BCUT2D eigenvalue weighted by molar-refractivity contribution is -0.119. The average Bonchev–Trinajstić information content (AvgIpc) is 2.35. The smallest absolute Gasteiger partial charge is 0.216 e. The van der Waals surface area contributed by atoms with E-state index in [-0.39, 0.29) is 12.0 Å². The number of rotatable bonds is 3. The van der Waals surface area contributed by atoms with Crippen LogP contribution < -0.4 is 5.32 Å². The summed E-state index contributed by atoms with van der Waals surface area (Å²) in [6, 6.07) is 0. The zero-order chi connectivity index (χ0) is 8.97. The maximum atomic E-state index is 10.5.